The summed E-state index contributed by atoms with van der Waals surface area (Å²) in [5.41, 5.74) is 2.95. The van der Waals surface area contributed by atoms with Gasteiger partial charge in [0.1, 0.15) is 5.82 Å². The minimum Gasteiger partial charge on any atom is -0.373 e. The van der Waals surface area contributed by atoms with Crippen LogP contribution in [0.2, 0.25) is 5.02 Å². The highest BCUT2D eigenvalue weighted by Crippen LogP contribution is 2.30. The molecule has 1 aromatic heterocycles. The summed E-state index contributed by atoms with van der Waals surface area (Å²) in [4.78, 5) is 9.14. The Labute approximate surface area is 126 Å². The van der Waals surface area contributed by atoms with Crippen molar-refractivity contribution < 1.29 is 0 Å². The van der Waals surface area contributed by atoms with E-state index >= 15 is 0 Å². The van der Waals surface area contributed by atoms with Crippen LogP contribution in [-0.4, -0.2) is 17.0 Å². The van der Waals surface area contributed by atoms with Gasteiger partial charge in [-0.3, -0.25) is 0 Å². The maximum absolute atomic E-state index is 6.23. The van der Waals surface area contributed by atoms with E-state index in [4.69, 9.17) is 11.6 Å². The molecule has 0 spiro atoms. The van der Waals surface area contributed by atoms with Crippen molar-refractivity contribution in [2.24, 2.45) is 0 Å². The summed E-state index contributed by atoms with van der Waals surface area (Å²) >= 11 is 9.68. The third kappa shape index (κ3) is 2.90. The first-order valence-electron chi connectivity index (χ1n) is 6.07. The van der Waals surface area contributed by atoms with E-state index < -0.39 is 0 Å². The van der Waals surface area contributed by atoms with Crippen molar-refractivity contribution in [2.75, 3.05) is 12.4 Å². The molecule has 1 N–H and O–H groups in total. The van der Waals surface area contributed by atoms with Gasteiger partial charge in [0.15, 0.2) is 5.82 Å². The van der Waals surface area contributed by atoms with E-state index in [1.54, 1.807) is 0 Å². The lowest BCUT2D eigenvalue weighted by Crippen LogP contribution is -2.05. The Hall–Kier alpha value is -1.13. The molecule has 0 amide bonds. The molecule has 19 heavy (non-hydrogen) atoms. The summed E-state index contributed by atoms with van der Waals surface area (Å²) in [6, 6.07) is 5.67. The molecule has 0 aliphatic rings. The Kier molecular flexibility index (Phi) is 4.42. The fraction of sp³-hybridized carbons (Fsp3) is 0.286. The number of benzene rings is 1. The van der Waals surface area contributed by atoms with E-state index in [0.29, 0.717) is 10.8 Å². The van der Waals surface area contributed by atoms with Crippen molar-refractivity contribution in [3.05, 3.63) is 39.0 Å². The summed E-state index contributed by atoms with van der Waals surface area (Å²) in [6.07, 6.45) is 0.897. The standard InChI is InChI=1S/C14H15BrClN3/c1-4-10-8(2)18-14(19-13(10)17-3)11-7-9(15)5-6-12(11)16/h5-7H,4H2,1-3H3,(H,17,18,19). The number of rotatable bonds is 3. The van der Waals surface area contributed by atoms with E-state index in [0.717, 1.165) is 33.5 Å². The van der Waals surface area contributed by atoms with Crippen LogP contribution in [0.25, 0.3) is 11.4 Å². The van der Waals surface area contributed by atoms with Gasteiger partial charge in [-0.15, -0.1) is 0 Å². The fourth-order valence-electron chi connectivity index (χ4n) is 2.02. The van der Waals surface area contributed by atoms with E-state index in [-0.39, 0.29) is 0 Å². The molecule has 5 heteroatoms. The monoisotopic (exact) mass is 339 g/mol. The molecular weight excluding hydrogens is 326 g/mol. The molecule has 2 rings (SSSR count). The minimum atomic E-state index is 0.644. The number of aryl methyl sites for hydroxylation is 1. The number of anilines is 1. The number of hydrogen-bond acceptors (Lipinski definition) is 3. The van der Waals surface area contributed by atoms with Gasteiger partial charge < -0.3 is 5.32 Å². The average molecular weight is 341 g/mol. The molecule has 1 heterocycles. The number of nitrogens with one attached hydrogen (secondary N) is 1. The van der Waals surface area contributed by atoms with Gasteiger partial charge in [-0.1, -0.05) is 34.5 Å². The Balaban J connectivity index is 2.63. The summed E-state index contributed by atoms with van der Waals surface area (Å²) in [5.74, 6) is 1.51. The van der Waals surface area contributed by atoms with Gasteiger partial charge in [-0.25, -0.2) is 9.97 Å². The topological polar surface area (TPSA) is 37.8 Å². The molecule has 0 fully saturated rings. The van der Waals surface area contributed by atoms with Crippen molar-refractivity contribution in [2.45, 2.75) is 20.3 Å². The molecule has 0 bridgehead atoms. The SMILES string of the molecule is CCc1c(C)nc(-c2cc(Br)ccc2Cl)nc1NC. The molecule has 0 saturated carbocycles. The summed E-state index contributed by atoms with van der Waals surface area (Å²) in [7, 11) is 1.87. The number of aromatic nitrogens is 2. The first-order valence-corrected chi connectivity index (χ1v) is 7.24. The van der Waals surface area contributed by atoms with Gasteiger partial charge in [0.05, 0.1) is 5.02 Å². The molecule has 2 aromatic rings. The fourth-order valence-corrected chi connectivity index (χ4v) is 2.58. The highest BCUT2D eigenvalue weighted by atomic mass is 79.9. The second kappa shape index (κ2) is 5.88. The molecular formula is C14H15BrClN3. The van der Waals surface area contributed by atoms with Gasteiger partial charge in [0.25, 0.3) is 0 Å². The second-order valence-corrected chi connectivity index (χ2v) is 5.51. The van der Waals surface area contributed by atoms with E-state index in [2.05, 4.69) is 38.1 Å². The van der Waals surface area contributed by atoms with Crippen molar-refractivity contribution in [1.29, 1.82) is 0 Å². The van der Waals surface area contributed by atoms with Crippen LogP contribution in [0.4, 0.5) is 5.82 Å². The molecule has 0 atom stereocenters. The van der Waals surface area contributed by atoms with Gasteiger partial charge in [-0.2, -0.15) is 0 Å². The maximum atomic E-state index is 6.23. The second-order valence-electron chi connectivity index (χ2n) is 4.19. The molecule has 0 radical (unpaired) electrons. The molecule has 0 aliphatic carbocycles. The van der Waals surface area contributed by atoms with E-state index in [9.17, 15) is 0 Å². The van der Waals surface area contributed by atoms with Crippen LogP contribution < -0.4 is 5.32 Å². The van der Waals surface area contributed by atoms with Crippen molar-refractivity contribution >= 4 is 33.3 Å². The maximum Gasteiger partial charge on any atom is 0.163 e. The Morgan fingerprint density at radius 1 is 1.32 bits per heavy atom. The molecule has 0 aliphatic heterocycles. The van der Waals surface area contributed by atoms with Crippen LogP contribution in [0, 0.1) is 6.92 Å². The zero-order valence-corrected chi connectivity index (χ0v) is 13.4. The van der Waals surface area contributed by atoms with Gasteiger partial charge in [0.2, 0.25) is 0 Å². The molecule has 0 unspecified atom stereocenters. The Morgan fingerprint density at radius 2 is 2.05 bits per heavy atom. The Bertz CT molecular complexity index is 614. The Morgan fingerprint density at radius 3 is 2.68 bits per heavy atom. The lowest BCUT2D eigenvalue weighted by atomic mass is 10.1. The molecule has 0 saturated heterocycles. The van der Waals surface area contributed by atoms with Crippen molar-refractivity contribution in [3.8, 4) is 11.4 Å². The lowest BCUT2D eigenvalue weighted by Gasteiger charge is -2.12. The predicted octanol–water partition coefficient (Wildman–Crippen LogP) is 4.47. The molecule has 3 nitrogen and oxygen atoms in total. The third-order valence-electron chi connectivity index (χ3n) is 2.97. The summed E-state index contributed by atoms with van der Waals surface area (Å²) in [5, 5.41) is 3.77. The number of hydrogen-bond donors (Lipinski definition) is 1. The van der Waals surface area contributed by atoms with E-state index in [1.165, 1.54) is 0 Å². The first-order chi connectivity index (χ1) is 9.06. The highest BCUT2D eigenvalue weighted by molar-refractivity contribution is 9.10. The summed E-state index contributed by atoms with van der Waals surface area (Å²) < 4.78 is 0.957. The van der Waals surface area contributed by atoms with Crippen molar-refractivity contribution in [3.63, 3.8) is 0 Å². The number of nitrogens with zero attached hydrogens (tertiary/aromatic N) is 2. The summed E-state index contributed by atoms with van der Waals surface area (Å²) in [6.45, 7) is 4.09. The smallest absolute Gasteiger partial charge is 0.163 e. The highest BCUT2D eigenvalue weighted by Gasteiger charge is 2.13. The van der Waals surface area contributed by atoms with Crippen LogP contribution in [0.15, 0.2) is 22.7 Å². The zero-order chi connectivity index (χ0) is 14.0. The third-order valence-corrected chi connectivity index (χ3v) is 3.80. The first kappa shape index (κ1) is 14.3. The van der Waals surface area contributed by atoms with Crippen LogP contribution in [0.5, 0.6) is 0 Å². The number of halogens is 2. The molecule has 1 aromatic carbocycles. The zero-order valence-electron chi connectivity index (χ0n) is 11.1. The lowest BCUT2D eigenvalue weighted by molar-refractivity contribution is 1.00. The average Bonchev–Trinajstić information content (AvgIpc) is 2.40. The van der Waals surface area contributed by atoms with Crippen LogP contribution in [-0.2, 0) is 6.42 Å². The van der Waals surface area contributed by atoms with Gasteiger partial charge >= 0.3 is 0 Å². The predicted molar refractivity (Wildman–Crippen MR) is 83.8 cm³/mol. The van der Waals surface area contributed by atoms with Crippen LogP contribution in [0.3, 0.4) is 0 Å². The molecule has 100 valence electrons. The minimum absolute atomic E-state index is 0.644. The quantitative estimate of drug-likeness (QED) is 0.895. The normalized spacial score (nSPS) is 10.6. The van der Waals surface area contributed by atoms with Crippen molar-refractivity contribution in [1.82, 2.24) is 9.97 Å². The van der Waals surface area contributed by atoms with Crippen LogP contribution >= 0.6 is 27.5 Å². The van der Waals surface area contributed by atoms with Crippen LogP contribution in [0.1, 0.15) is 18.2 Å². The largest absolute Gasteiger partial charge is 0.373 e. The van der Waals surface area contributed by atoms with Gasteiger partial charge in [-0.05, 0) is 31.5 Å². The van der Waals surface area contributed by atoms with E-state index in [1.807, 2.05) is 32.2 Å². The van der Waals surface area contributed by atoms with Gasteiger partial charge in [0, 0.05) is 28.3 Å².